The number of nitrogens with zero attached hydrogens (tertiary/aromatic N) is 1. The molecule has 2 atom stereocenters. The first-order valence-corrected chi connectivity index (χ1v) is 10.4. The van der Waals surface area contributed by atoms with E-state index >= 15 is 0 Å². The molecule has 5 nitrogen and oxygen atoms in total. The number of hydrogen-bond acceptors (Lipinski definition) is 4. The SMILES string of the molecule is CCC(C)SP(=O)(NC)N(C)C(=O)c1ccc(OC)cc1Cl. The average molecular weight is 365 g/mol. The summed E-state index contributed by atoms with van der Waals surface area (Å²) in [5.41, 5.74) is 0.296. The quantitative estimate of drug-likeness (QED) is 0.732. The van der Waals surface area contributed by atoms with E-state index in [4.69, 9.17) is 16.3 Å². The number of rotatable bonds is 7. The predicted molar refractivity (Wildman–Crippen MR) is 94.1 cm³/mol. The van der Waals surface area contributed by atoms with Gasteiger partial charge in [0.1, 0.15) is 5.75 Å². The Balaban J connectivity index is 3.07. The van der Waals surface area contributed by atoms with Crippen molar-refractivity contribution in [2.24, 2.45) is 0 Å². The minimum Gasteiger partial charge on any atom is -0.497 e. The van der Waals surface area contributed by atoms with Crippen molar-refractivity contribution in [1.82, 2.24) is 9.76 Å². The maximum absolute atomic E-state index is 13.0. The highest BCUT2D eigenvalue weighted by molar-refractivity contribution is 8.57. The van der Waals surface area contributed by atoms with E-state index < -0.39 is 6.65 Å². The first-order valence-electron chi connectivity index (χ1n) is 6.88. The standard InChI is InChI=1S/C14H22ClN2O3PS/c1-6-10(2)22-21(19,16-3)17(4)14(18)12-8-7-11(20-5)9-13(12)15/h7-10H,6H2,1-5H3,(H,16,19). The molecule has 124 valence electrons. The minimum atomic E-state index is -3.06. The Morgan fingerprint density at radius 2 is 2.18 bits per heavy atom. The number of methoxy groups -OCH3 is 1. The van der Waals surface area contributed by atoms with Crippen molar-refractivity contribution >= 4 is 35.5 Å². The molecule has 0 saturated carbocycles. The molecule has 1 aromatic carbocycles. The largest absolute Gasteiger partial charge is 0.497 e. The maximum Gasteiger partial charge on any atom is 0.294 e. The van der Waals surface area contributed by atoms with E-state index in [0.717, 1.165) is 6.42 Å². The summed E-state index contributed by atoms with van der Waals surface area (Å²) in [5.74, 6) is 0.177. The molecule has 1 aromatic rings. The molecule has 0 aliphatic heterocycles. The Hall–Kier alpha value is -0.680. The second-order valence-electron chi connectivity index (χ2n) is 4.74. The van der Waals surface area contributed by atoms with Gasteiger partial charge in [0.05, 0.1) is 17.7 Å². The zero-order valence-corrected chi connectivity index (χ0v) is 15.9. The summed E-state index contributed by atoms with van der Waals surface area (Å²) in [5, 5.41) is 3.23. The van der Waals surface area contributed by atoms with E-state index in [1.165, 1.54) is 30.2 Å². The predicted octanol–water partition coefficient (Wildman–Crippen LogP) is 4.28. The Morgan fingerprint density at radius 1 is 1.55 bits per heavy atom. The molecule has 0 aliphatic carbocycles. The molecule has 2 unspecified atom stereocenters. The molecule has 1 N–H and O–H groups in total. The topological polar surface area (TPSA) is 58.6 Å². The fraction of sp³-hybridized carbons (Fsp3) is 0.500. The molecule has 0 fully saturated rings. The van der Waals surface area contributed by atoms with Crippen molar-refractivity contribution in [3.05, 3.63) is 28.8 Å². The van der Waals surface area contributed by atoms with Gasteiger partial charge in [-0.15, -0.1) is 0 Å². The molecular formula is C14H22ClN2O3PS. The summed E-state index contributed by atoms with van der Waals surface area (Å²) < 4.78 is 19.3. The summed E-state index contributed by atoms with van der Waals surface area (Å²) in [6, 6.07) is 4.79. The van der Waals surface area contributed by atoms with Crippen molar-refractivity contribution in [3.8, 4) is 5.75 Å². The summed E-state index contributed by atoms with van der Waals surface area (Å²) in [7, 11) is 4.64. The second-order valence-corrected chi connectivity index (χ2v) is 10.4. The second kappa shape index (κ2) is 8.25. The summed E-state index contributed by atoms with van der Waals surface area (Å²) in [4.78, 5) is 12.6. The van der Waals surface area contributed by atoms with E-state index in [0.29, 0.717) is 11.3 Å². The molecule has 1 amide bonds. The van der Waals surface area contributed by atoms with Crippen LogP contribution in [0.4, 0.5) is 0 Å². The van der Waals surface area contributed by atoms with Crippen LogP contribution < -0.4 is 9.82 Å². The number of ether oxygens (including phenoxy) is 1. The summed E-state index contributed by atoms with van der Waals surface area (Å²) in [6.45, 7) is 0.930. The Kier molecular flexibility index (Phi) is 7.26. The van der Waals surface area contributed by atoms with E-state index in [9.17, 15) is 9.36 Å². The van der Waals surface area contributed by atoms with Gasteiger partial charge in [0.25, 0.3) is 12.6 Å². The van der Waals surface area contributed by atoms with Gasteiger partial charge in [-0.3, -0.25) is 14.0 Å². The molecule has 0 heterocycles. The van der Waals surface area contributed by atoms with Crippen LogP contribution in [0.3, 0.4) is 0 Å². The Bertz CT molecular complexity index is 585. The van der Waals surface area contributed by atoms with Gasteiger partial charge < -0.3 is 4.74 Å². The molecule has 0 saturated heterocycles. The molecule has 0 radical (unpaired) electrons. The van der Waals surface area contributed by atoms with Gasteiger partial charge in [0.2, 0.25) is 0 Å². The maximum atomic E-state index is 13.0. The number of amides is 1. The lowest BCUT2D eigenvalue weighted by atomic mass is 10.2. The van der Waals surface area contributed by atoms with Crippen molar-refractivity contribution in [2.45, 2.75) is 25.5 Å². The van der Waals surface area contributed by atoms with Gasteiger partial charge in [-0.1, -0.05) is 36.8 Å². The third kappa shape index (κ3) is 4.42. The number of halogens is 1. The molecule has 1 rings (SSSR count). The number of carbonyl (C=O) groups excluding carboxylic acids is 1. The van der Waals surface area contributed by atoms with Crippen molar-refractivity contribution in [2.75, 3.05) is 21.2 Å². The molecule has 0 bridgehead atoms. The van der Waals surface area contributed by atoms with Crippen molar-refractivity contribution in [1.29, 1.82) is 0 Å². The van der Waals surface area contributed by atoms with Gasteiger partial charge in [0.15, 0.2) is 0 Å². The van der Waals surface area contributed by atoms with E-state index in [2.05, 4.69) is 5.09 Å². The van der Waals surface area contributed by atoms with Crippen molar-refractivity contribution in [3.63, 3.8) is 0 Å². The highest BCUT2D eigenvalue weighted by atomic mass is 35.5. The lowest BCUT2D eigenvalue weighted by Gasteiger charge is -2.29. The van der Waals surface area contributed by atoms with Gasteiger partial charge >= 0.3 is 0 Å². The normalized spacial score (nSPS) is 15.0. The summed E-state index contributed by atoms with van der Waals surface area (Å²) >= 11 is 7.40. The first kappa shape index (κ1) is 19.4. The van der Waals surface area contributed by atoms with Crippen LogP contribution >= 0.6 is 29.6 Å². The highest BCUT2D eigenvalue weighted by Gasteiger charge is 2.33. The third-order valence-electron chi connectivity index (χ3n) is 3.28. The Labute approximate surface area is 141 Å². The van der Waals surface area contributed by atoms with E-state index in [1.54, 1.807) is 25.2 Å². The zero-order valence-electron chi connectivity index (χ0n) is 13.4. The number of nitrogens with one attached hydrogen (secondary N) is 1. The third-order valence-corrected chi connectivity index (χ3v) is 9.32. The van der Waals surface area contributed by atoms with Crippen LogP contribution in [0.5, 0.6) is 5.75 Å². The van der Waals surface area contributed by atoms with Gasteiger partial charge in [0, 0.05) is 12.3 Å². The highest BCUT2D eigenvalue weighted by Crippen LogP contribution is 2.59. The molecule has 0 aromatic heterocycles. The number of hydrogen-bond donors (Lipinski definition) is 1. The fourth-order valence-corrected chi connectivity index (χ4v) is 6.34. The lowest BCUT2D eigenvalue weighted by Crippen LogP contribution is -2.28. The van der Waals surface area contributed by atoms with Crippen LogP contribution in [0.1, 0.15) is 30.6 Å². The van der Waals surface area contributed by atoms with Crippen LogP contribution in [0.2, 0.25) is 5.02 Å². The smallest absolute Gasteiger partial charge is 0.294 e. The van der Waals surface area contributed by atoms with Crippen LogP contribution in [0.15, 0.2) is 18.2 Å². The zero-order chi connectivity index (χ0) is 16.9. The lowest BCUT2D eigenvalue weighted by molar-refractivity contribution is 0.0882. The fourth-order valence-electron chi connectivity index (χ4n) is 1.68. The van der Waals surface area contributed by atoms with Gasteiger partial charge in [-0.25, -0.2) is 5.09 Å². The Morgan fingerprint density at radius 3 is 2.64 bits per heavy atom. The molecule has 0 spiro atoms. The monoisotopic (exact) mass is 364 g/mol. The summed E-state index contributed by atoms with van der Waals surface area (Å²) in [6.07, 6.45) is 0.863. The van der Waals surface area contributed by atoms with E-state index in [-0.39, 0.29) is 16.2 Å². The van der Waals surface area contributed by atoms with Crippen LogP contribution in [-0.4, -0.2) is 37.0 Å². The van der Waals surface area contributed by atoms with E-state index in [1.807, 2.05) is 13.8 Å². The molecule has 0 aliphatic rings. The number of benzene rings is 1. The number of carbonyl (C=O) groups is 1. The molecular weight excluding hydrogens is 343 g/mol. The average Bonchev–Trinajstić information content (AvgIpc) is 2.52. The van der Waals surface area contributed by atoms with Gasteiger partial charge in [-0.2, -0.15) is 0 Å². The van der Waals surface area contributed by atoms with Crippen LogP contribution in [0.25, 0.3) is 0 Å². The van der Waals surface area contributed by atoms with Crippen LogP contribution in [-0.2, 0) is 4.57 Å². The molecule has 22 heavy (non-hydrogen) atoms. The van der Waals surface area contributed by atoms with Crippen LogP contribution in [0, 0.1) is 0 Å². The first-order chi connectivity index (χ1) is 10.3. The molecule has 8 heteroatoms. The minimum absolute atomic E-state index is 0.167. The van der Waals surface area contributed by atoms with Gasteiger partial charge in [-0.05, 0) is 31.7 Å². The van der Waals surface area contributed by atoms with Crippen molar-refractivity contribution < 1.29 is 14.1 Å².